The van der Waals surface area contributed by atoms with E-state index in [1.54, 1.807) is 0 Å². The normalized spacial score (nSPS) is 19.1. The zero-order chi connectivity index (χ0) is 14.5. The molecule has 1 N–H and O–H groups in total. The van der Waals surface area contributed by atoms with Crippen molar-refractivity contribution >= 4 is 16.9 Å². The fourth-order valence-corrected chi connectivity index (χ4v) is 3.01. The van der Waals surface area contributed by atoms with Gasteiger partial charge in [-0.3, -0.25) is 0 Å². The summed E-state index contributed by atoms with van der Waals surface area (Å²) in [5.74, 6) is 0.886. The summed E-state index contributed by atoms with van der Waals surface area (Å²) in [6.45, 7) is 5.30. The summed E-state index contributed by atoms with van der Waals surface area (Å²) in [6.07, 6.45) is 7.03. The van der Waals surface area contributed by atoms with Crippen molar-refractivity contribution in [1.82, 2.24) is 15.3 Å². The Morgan fingerprint density at radius 3 is 3.10 bits per heavy atom. The highest BCUT2D eigenvalue weighted by atomic mass is 15.3. The summed E-state index contributed by atoms with van der Waals surface area (Å²) in [7, 11) is 0. The van der Waals surface area contributed by atoms with Crippen molar-refractivity contribution in [3.8, 4) is 0 Å². The Balaban J connectivity index is 1.80. The summed E-state index contributed by atoms with van der Waals surface area (Å²) in [5.41, 5.74) is 1.04. The highest BCUT2D eigenvalue weighted by Gasteiger charge is 2.23. The van der Waals surface area contributed by atoms with E-state index in [2.05, 4.69) is 34.3 Å². The van der Waals surface area contributed by atoms with Crippen LogP contribution in [0.5, 0.6) is 0 Å². The molecule has 21 heavy (non-hydrogen) atoms. The minimum Gasteiger partial charge on any atom is -0.335 e. The first-order valence-corrected chi connectivity index (χ1v) is 8.07. The van der Waals surface area contributed by atoms with Crippen molar-refractivity contribution < 1.29 is 0 Å². The molecule has 0 radical (unpaired) electrons. The van der Waals surface area contributed by atoms with Crippen molar-refractivity contribution in [2.75, 3.05) is 24.5 Å². The molecule has 1 aliphatic heterocycles. The maximum atomic E-state index is 4.76. The van der Waals surface area contributed by atoms with Crippen molar-refractivity contribution in [3.05, 3.63) is 30.5 Å². The molecule has 0 amide bonds. The first-order chi connectivity index (χ1) is 10.4. The lowest BCUT2D eigenvalue weighted by molar-refractivity contribution is 0.433. The van der Waals surface area contributed by atoms with Crippen LogP contribution in [-0.4, -0.2) is 35.6 Å². The van der Waals surface area contributed by atoms with E-state index in [-0.39, 0.29) is 0 Å². The van der Waals surface area contributed by atoms with Gasteiger partial charge in [-0.15, -0.1) is 0 Å². The highest BCUT2D eigenvalue weighted by molar-refractivity contribution is 5.78. The third kappa shape index (κ3) is 3.32. The first-order valence-electron chi connectivity index (χ1n) is 8.07. The number of hydrogen-bond acceptors (Lipinski definition) is 4. The SMILES string of the molecule is CCCCCC1CNCCN1c1ncc2ccccc2n1. The summed E-state index contributed by atoms with van der Waals surface area (Å²) >= 11 is 0. The van der Waals surface area contributed by atoms with Gasteiger partial charge in [-0.05, 0) is 12.5 Å². The van der Waals surface area contributed by atoms with Crippen LogP contribution in [0, 0.1) is 0 Å². The highest BCUT2D eigenvalue weighted by Crippen LogP contribution is 2.20. The van der Waals surface area contributed by atoms with E-state index >= 15 is 0 Å². The zero-order valence-electron chi connectivity index (χ0n) is 12.8. The summed E-state index contributed by atoms with van der Waals surface area (Å²) < 4.78 is 0. The second kappa shape index (κ2) is 6.85. The molecular formula is C17H24N4. The Labute approximate surface area is 126 Å². The monoisotopic (exact) mass is 284 g/mol. The topological polar surface area (TPSA) is 41.0 Å². The summed E-state index contributed by atoms with van der Waals surface area (Å²) in [5, 5.41) is 4.61. The lowest BCUT2D eigenvalue weighted by Crippen LogP contribution is -2.52. The number of hydrogen-bond donors (Lipinski definition) is 1. The predicted molar refractivity (Wildman–Crippen MR) is 87.7 cm³/mol. The van der Waals surface area contributed by atoms with E-state index in [9.17, 15) is 0 Å². The molecule has 1 unspecified atom stereocenters. The second-order valence-electron chi connectivity index (χ2n) is 5.78. The number of fused-ring (bicyclic) bond motifs is 1. The van der Waals surface area contributed by atoms with Gasteiger partial charge < -0.3 is 10.2 Å². The molecule has 0 spiro atoms. The molecule has 4 heteroatoms. The third-order valence-corrected chi connectivity index (χ3v) is 4.22. The number of para-hydroxylation sites is 1. The van der Waals surface area contributed by atoms with E-state index < -0.39 is 0 Å². The summed E-state index contributed by atoms with van der Waals surface area (Å²) in [4.78, 5) is 11.7. The van der Waals surface area contributed by atoms with E-state index in [1.165, 1.54) is 25.7 Å². The van der Waals surface area contributed by atoms with Crippen LogP contribution in [-0.2, 0) is 0 Å². The smallest absolute Gasteiger partial charge is 0.226 e. The second-order valence-corrected chi connectivity index (χ2v) is 5.78. The van der Waals surface area contributed by atoms with E-state index in [0.717, 1.165) is 36.5 Å². The molecule has 4 nitrogen and oxygen atoms in total. The molecule has 1 fully saturated rings. The lowest BCUT2D eigenvalue weighted by Gasteiger charge is -2.36. The van der Waals surface area contributed by atoms with Crippen LogP contribution >= 0.6 is 0 Å². The molecule has 2 aromatic rings. The van der Waals surface area contributed by atoms with E-state index in [4.69, 9.17) is 4.98 Å². The number of piperazine rings is 1. The molecule has 2 heterocycles. The average molecular weight is 284 g/mol. The number of unbranched alkanes of at least 4 members (excludes halogenated alkanes) is 2. The molecule has 1 atom stereocenters. The maximum Gasteiger partial charge on any atom is 0.226 e. The van der Waals surface area contributed by atoms with Crippen molar-refractivity contribution in [1.29, 1.82) is 0 Å². The number of rotatable bonds is 5. The van der Waals surface area contributed by atoms with Crippen LogP contribution in [0.25, 0.3) is 10.9 Å². The van der Waals surface area contributed by atoms with Gasteiger partial charge in [0.25, 0.3) is 0 Å². The van der Waals surface area contributed by atoms with Crippen molar-refractivity contribution in [2.45, 2.75) is 38.6 Å². The predicted octanol–water partition coefficient (Wildman–Crippen LogP) is 2.99. The van der Waals surface area contributed by atoms with Crippen molar-refractivity contribution in [3.63, 3.8) is 0 Å². The van der Waals surface area contributed by atoms with Gasteiger partial charge in [-0.25, -0.2) is 9.97 Å². The fraction of sp³-hybridized carbons (Fsp3) is 0.529. The third-order valence-electron chi connectivity index (χ3n) is 4.22. The molecule has 1 aromatic carbocycles. The number of benzene rings is 1. The molecular weight excluding hydrogens is 260 g/mol. The molecule has 1 aliphatic rings. The van der Waals surface area contributed by atoms with Crippen LogP contribution in [0.2, 0.25) is 0 Å². The minimum absolute atomic E-state index is 0.520. The Bertz CT molecular complexity index is 584. The quantitative estimate of drug-likeness (QED) is 0.857. The zero-order valence-corrected chi connectivity index (χ0v) is 12.8. The Morgan fingerprint density at radius 1 is 1.29 bits per heavy atom. The fourth-order valence-electron chi connectivity index (χ4n) is 3.01. The van der Waals surface area contributed by atoms with Gasteiger partial charge in [0.2, 0.25) is 5.95 Å². The van der Waals surface area contributed by atoms with Gasteiger partial charge in [0, 0.05) is 37.3 Å². The number of nitrogens with zero attached hydrogens (tertiary/aromatic N) is 3. The van der Waals surface area contributed by atoms with Gasteiger partial charge in [0.05, 0.1) is 5.52 Å². The van der Waals surface area contributed by atoms with Crippen LogP contribution in [0.4, 0.5) is 5.95 Å². The van der Waals surface area contributed by atoms with Gasteiger partial charge >= 0.3 is 0 Å². The molecule has 0 saturated carbocycles. The Kier molecular flexibility index (Phi) is 4.65. The summed E-state index contributed by atoms with van der Waals surface area (Å²) in [6, 6.07) is 8.72. The molecule has 0 aliphatic carbocycles. The lowest BCUT2D eigenvalue weighted by atomic mass is 10.1. The Hall–Kier alpha value is -1.68. The number of nitrogens with one attached hydrogen (secondary N) is 1. The molecule has 1 aromatic heterocycles. The van der Waals surface area contributed by atoms with Crippen LogP contribution < -0.4 is 10.2 Å². The van der Waals surface area contributed by atoms with Gasteiger partial charge in [0.15, 0.2) is 0 Å². The van der Waals surface area contributed by atoms with Crippen LogP contribution in [0.3, 0.4) is 0 Å². The van der Waals surface area contributed by atoms with Gasteiger partial charge in [-0.2, -0.15) is 0 Å². The molecule has 1 saturated heterocycles. The van der Waals surface area contributed by atoms with Gasteiger partial charge in [-0.1, -0.05) is 44.4 Å². The van der Waals surface area contributed by atoms with Crippen molar-refractivity contribution in [2.24, 2.45) is 0 Å². The minimum atomic E-state index is 0.520. The number of anilines is 1. The molecule has 3 rings (SSSR count). The molecule has 0 bridgehead atoms. The average Bonchev–Trinajstić information content (AvgIpc) is 2.55. The van der Waals surface area contributed by atoms with Gasteiger partial charge in [0.1, 0.15) is 0 Å². The maximum absolute atomic E-state index is 4.76. The molecule has 112 valence electrons. The van der Waals surface area contributed by atoms with E-state index in [1.807, 2.05) is 18.3 Å². The van der Waals surface area contributed by atoms with Crippen LogP contribution in [0.1, 0.15) is 32.6 Å². The largest absolute Gasteiger partial charge is 0.335 e. The van der Waals surface area contributed by atoms with E-state index in [0.29, 0.717) is 6.04 Å². The van der Waals surface area contributed by atoms with Crippen LogP contribution in [0.15, 0.2) is 30.5 Å². The Morgan fingerprint density at radius 2 is 2.19 bits per heavy atom. The first kappa shape index (κ1) is 14.3. The number of aromatic nitrogens is 2. The standard InChI is InChI=1S/C17H24N4/c1-2-3-4-8-15-13-18-10-11-21(15)17-19-12-14-7-5-6-9-16(14)20-17/h5-7,9,12,15,18H,2-4,8,10-11,13H2,1H3.